The lowest BCUT2D eigenvalue weighted by Gasteiger charge is -2.10. The van der Waals surface area contributed by atoms with E-state index in [9.17, 15) is 10.1 Å². The summed E-state index contributed by atoms with van der Waals surface area (Å²) in [5.41, 5.74) is 2.82. The van der Waals surface area contributed by atoms with Crippen LogP contribution in [0.3, 0.4) is 0 Å². The summed E-state index contributed by atoms with van der Waals surface area (Å²) in [6.45, 7) is 3.98. The van der Waals surface area contributed by atoms with Crippen LogP contribution in [0.5, 0.6) is 11.5 Å². The van der Waals surface area contributed by atoms with Gasteiger partial charge in [-0.15, -0.1) is 0 Å². The Bertz CT molecular complexity index is 678. The summed E-state index contributed by atoms with van der Waals surface area (Å²) in [6, 6.07) is 8.60. The summed E-state index contributed by atoms with van der Waals surface area (Å²) >= 11 is 6.77. The highest BCUT2D eigenvalue weighted by atomic mass is 79.9. The van der Waals surface area contributed by atoms with Crippen molar-refractivity contribution in [3.63, 3.8) is 0 Å². The molecule has 0 aliphatic heterocycles. The predicted molar refractivity (Wildman–Crippen MR) is 89.4 cm³/mol. The molecule has 2 aromatic rings. The third-order valence-corrected chi connectivity index (χ3v) is 4.89. The molecule has 0 saturated carbocycles. The highest BCUT2D eigenvalue weighted by Gasteiger charge is 2.14. The molecule has 110 valence electrons. The number of nitrogens with zero attached hydrogens (tertiary/aromatic N) is 1. The fourth-order valence-corrected chi connectivity index (χ4v) is 2.69. The lowest BCUT2D eigenvalue weighted by molar-refractivity contribution is -0.385. The SMILES string of the molecule is Cc1cc(Oc2ccc([N+](=O)[O-])c(CBr)c2)cc(C)c1Br. The number of nitro benzene ring substituents is 1. The van der Waals surface area contributed by atoms with Gasteiger partial charge in [-0.25, -0.2) is 0 Å². The second-order valence-corrected chi connectivity index (χ2v) is 6.01. The van der Waals surface area contributed by atoms with Gasteiger partial charge in [0.1, 0.15) is 11.5 Å². The molecule has 0 unspecified atom stereocenters. The molecule has 0 heterocycles. The van der Waals surface area contributed by atoms with Gasteiger partial charge >= 0.3 is 0 Å². The Kier molecular flexibility index (Phi) is 5.00. The highest BCUT2D eigenvalue weighted by molar-refractivity contribution is 9.10. The van der Waals surface area contributed by atoms with Crippen molar-refractivity contribution in [2.45, 2.75) is 19.2 Å². The zero-order valence-electron chi connectivity index (χ0n) is 11.5. The van der Waals surface area contributed by atoms with E-state index >= 15 is 0 Å². The maximum Gasteiger partial charge on any atom is 0.273 e. The molecule has 0 fully saturated rings. The first kappa shape index (κ1) is 16.0. The van der Waals surface area contributed by atoms with E-state index in [1.54, 1.807) is 12.1 Å². The Hall–Kier alpha value is -1.40. The van der Waals surface area contributed by atoms with Gasteiger partial charge in [0, 0.05) is 21.4 Å². The Morgan fingerprint density at radius 2 is 1.76 bits per heavy atom. The lowest BCUT2D eigenvalue weighted by Crippen LogP contribution is -1.95. The van der Waals surface area contributed by atoms with Crippen molar-refractivity contribution in [1.82, 2.24) is 0 Å². The van der Waals surface area contributed by atoms with Crippen molar-refractivity contribution in [3.05, 3.63) is 61.6 Å². The number of alkyl halides is 1. The van der Waals surface area contributed by atoms with Crippen LogP contribution in [0.4, 0.5) is 5.69 Å². The van der Waals surface area contributed by atoms with E-state index in [4.69, 9.17) is 4.74 Å². The van der Waals surface area contributed by atoms with Gasteiger partial charge < -0.3 is 4.74 Å². The molecule has 0 saturated heterocycles. The summed E-state index contributed by atoms with van der Waals surface area (Å²) < 4.78 is 6.86. The van der Waals surface area contributed by atoms with E-state index in [1.807, 2.05) is 26.0 Å². The van der Waals surface area contributed by atoms with Crippen LogP contribution < -0.4 is 4.74 Å². The van der Waals surface area contributed by atoms with Gasteiger partial charge in [0.25, 0.3) is 5.69 Å². The van der Waals surface area contributed by atoms with E-state index in [0.717, 1.165) is 15.6 Å². The molecule has 2 rings (SSSR count). The monoisotopic (exact) mass is 413 g/mol. The number of ether oxygens (including phenoxy) is 1. The number of benzene rings is 2. The Morgan fingerprint density at radius 1 is 1.14 bits per heavy atom. The van der Waals surface area contributed by atoms with Crippen molar-refractivity contribution in [1.29, 1.82) is 0 Å². The molecule has 0 amide bonds. The molecular formula is C15H13Br2NO3. The van der Waals surface area contributed by atoms with E-state index in [-0.39, 0.29) is 5.69 Å². The second-order valence-electron chi connectivity index (χ2n) is 4.65. The van der Waals surface area contributed by atoms with Crippen molar-refractivity contribution in [2.75, 3.05) is 0 Å². The largest absolute Gasteiger partial charge is 0.457 e. The van der Waals surface area contributed by atoms with Crippen LogP contribution >= 0.6 is 31.9 Å². The minimum Gasteiger partial charge on any atom is -0.457 e. The van der Waals surface area contributed by atoms with Crippen LogP contribution in [0.2, 0.25) is 0 Å². The minimum atomic E-state index is -0.395. The van der Waals surface area contributed by atoms with Crippen LogP contribution in [0.15, 0.2) is 34.8 Å². The maximum absolute atomic E-state index is 10.9. The van der Waals surface area contributed by atoms with Crippen molar-refractivity contribution in [2.24, 2.45) is 0 Å². The first-order valence-electron chi connectivity index (χ1n) is 6.20. The standard InChI is InChI=1S/C15H13Br2NO3/c1-9-5-13(6-10(2)15(9)17)21-12-3-4-14(18(19)20)11(7-12)8-16/h3-7H,8H2,1-2H3. The molecular weight excluding hydrogens is 402 g/mol. The molecule has 21 heavy (non-hydrogen) atoms. The van der Waals surface area contributed by atoms with Crippen LogP contribution in [0.25, 0.3) is 0 Å². The maximum atomic E-state index is 10.9. The van der Waals surface area contributed by atoms with E-state index in [0.29, 0.717) is 22.4 Å². The van der Waals surface area contributed by atoms with E-state index in [2.05, 4.69) is 31.9 Å². The fraction of sp³-hybridized carbons (Fsp3) is 0.200. The number of nitro groups is 1. The summed E-state index contributed by atoms with van der Waals surface area (Å²) in [5, 5.41) is 11.3. The molecule has 0 N–H and O–H groups in total. The summed E-state index contributed by atoms with van der Waals surface area (Å²) in [7, 11) is 0. The molecule has 4 nitrogen and oxygen atoms in total. The van der Waals surface area contributed by atoms with Gasteiger partial charge in [0.05, 0.1) is 4.92 Å². The minimum absolute atomic E-state index is 0.0855. The van der Waals surface area contributed by atoms with Crippen molar-refractivity contribution in [3.8, 4) is 11.5 Å². The van der Waals surface area contributed by atoms with Gasteiger partial charge in [-0.3, -0.25) is 10.1 Å². The summed E-state index contributed by atoms with van der Waals surface area (Å²) in [5.74, 6) is 1.29. The van der Waals surface area contributed by atoms with Crippen LogP contribution in [-0.2, 0) is 5.33 Å². The lowest BCUT2D eigenvalue weighted by atomic mass is 10.1. The molecule has 0 aliphatic rings. The van der Waals surface area contributed by atoms with Gasteiger partial charge in [-0.1, -0.05) is 31.9 Å². The Balaban J connectivity index is 2.34. The molecule has 0 radical (unpaired) electrons. The van der Waals surface area contributed by atoms with Gasteiger partial charge in [-0.05, 0) is 49.2 Å². The average molecular weight is 415 g/mol. The van der Waals surface area contributed by atoms with Gasteiger partial charge in [0.15, 0.2) is 0 Å². The topological polar surface area (TPSA) is 52.4 Å². The molecule has 0 bridgehead atoms. The second kappa shape index (κ2) is 6.58. The highest BCUT2D eigenvalue weighted by Crippen LogP contribution is 2.32. The Morgan fingerprint density at radius 3 is 2.29 bits per heavy atom. The quantitative estimate of drug-likeness (QED) is 0.368. The molecule has 0 spiro atoms. The summed E-state index contributed by atoms with van der Waals surface area (Å²) in [6.07, 6.45) is 0. The zero-order chi connectivity index (χ0) is 15.6. The third-order valence-electron chi connectivity index (χ3n) is 3.04. The van der Waals surface area contributed by atoms with Gasteiger partial charge in [0.2, 0.25) is 0 Å². The van der Waals surface area contributed by atoms with Crippen molar-refractivity contribution < 1.29 is 9.66 Å². The number of hydrogen-bond donors (Lipinski definition) is 0. The normalized spacial score (nSPS) is 10.5. The molecule has 0 aliphatic carbocycles. The number of rotatable bonds is 4. The van der Waals surface area contributed by atoms with Crippen LogP contribution in [-0.4, -0.2) is 4.92 Å². The summed E-state index contributed by atoms with van der Waals surface area (Å²) in [4.78, 5) is 10.5. The molecule has 0 aromatic heterocycles. The van der Waals surface area contributed by atoms with Crippen LogP contribution in [0.1, 0.15) is 16.7 Å². The number of hydrogen-bond acceptors (Lipinski definition) is 3. The first-order valence-corrected chi connectivity index (χ1v) is 8.11. The van der Waals surface area contributed by atoms with E-state index in [1.165, 1.54) is 6.07 Å². The first-order chi connectivity index (χ1) is 9.92. The number of halogens is 2. The third kappa shape index (κ3) is 3.63. The number of aryl methyl sites for hydroxylation is 2. The van der Waals surface area contributed by atoms with Crippen molar-refractivity contribution >= 4 is 37.5 Å². The predicted octanol–water partition coefficient (Wildman–Crippen LogP) is 5.66. The van der Waals surface area contributed by atoms with Gasteiger partial charge in [-0.2, -0.15) is 0 Å². The average Bonchev–Trinajstić information content (AvgIpc) is 2.44. The Labute approximate surface area is 139 Å². The smallest absolute Gasteiger partial charge is 0.273 e. The molecule has 6 heteroatoms. The van der Waals surface area contributed by atoms with E-state index < -0.39 is 4.92 Å². The molecule has 0 atom stereocenters. The molecule has 2 aromatic carbocycles. The van der Waals surface area contributed by atoms with Crippen LogP contribution in [0, 0.1) is 24.0 Å². The fourth-order valence-electron chi connectivity index (χ4n) is 2.01. The zero-order valence-corrected chi connectivity index (χ0v) is 14.7.